The fourth-order valence-electron chi connectivity index (χ4n) is 0.972. The molecule has 0 N–H and O–H groups in total. The molecule has 1 aromatic rings. The number of hydrogen-bond acceptors (Lipinski definition) is 5. The van der Waals surface area contributed by atoms with Crippen molar-refractivity contribution in [1.29, 1.82) is 0 Å². The first kappa shape index (κ1) is 15.8. The summed E-state index contributed by atoms with van der Waals surface area (Å²) in [6.07, 6.45) is 3.52. The van der Waals surface area contributed by atoms with Gasteiger partial charge < -0.3 is 9.84 Å². The third-order valence-corrected chi connectivity index (χ3v) is 1.68. The molecule has 0 aliphatic carbocycles. The van der Waals surface area contributed by atoms with Crippen molar-refractivity contribution in [3.8, 4) is 0 Å². The Hall–Kier alpha value is -1.17. The van der Waals surface area contributed by atoms with Crippen molar-refractivity contribution in [2.24, 2.45) is 0 Å². The molecule has 0 amide bonds. The van der Waals surface area contributed by atoms with Crippen LogP contribution >= 0.6 is 0 Å². The number of nitrogens with zero attached hydrogens (tertiary/aromatic N) is 1. The van der Waals surface area contributed by atoms with Gasteiger partial charge in [0.15, 0.2) is 5.78 Å². The van der Waals surface area contributed by atoms with Gasteiger partial charge in [0, 0.05) is 18.0 Å². The summed E-state index contributed by atoms with van der Waals surface area (Å²) in [5, 5.41) is 11.1. The molecule has 17 heavy (non-hydrogen) atoms. The zero-order valence-corrected chi connectivity index (χ0v) is 11.7. The van der Waals surface area contributed by atoms with Crippen LogP contribution in [0.3, 0.4) is 0 Å². The van der Waals surface area contributed by atoms with Crippen molar-refractivity contribution < 1.29 is 49.0 Å². The van der Waals surface area contributed by atoms with E-state index in [0.29, 0.717) is 6.08 Å². The third-order valence-electron chi connectivity index (χ3n) is 1.68. The summed E-state index contributed by atoms with van der Waals surface area (Å²) in [7, 11) is 0. The van der Waals surface area contributed by atoms with Crippen LogP contribution < -0.4 is 34.7 Å². The number of ketones is 1. The van der Waals surface area contributed by atoms with Gasteiger partial charge in [0.05, 0.1) is 6.61 Å². The van der Waals surface area contributed by atoms with Gasteiger partial charge in [-0.25, -0.2) is 4.79 Å². The zero-order chi connectivity index (χ0) is 12.0. The average Bonchev–Trinajstić information content (AvgIpc) is 2.30. The number of ether oxygens (including phenoxy) is 1. The zero-order valence-electron chi connectivity index (χ0n) is 9.67. The standard InChI is InChI=1S/C11H11NO4.Na/c1-2-16-11(15)10(14)6-9(13)8-4-3-5-12-7-8;/h3-7,14H,2H2,1H3;/q;+1/p-1/b10-6-;. The smallest absolute Gasteiger partial charge is 0.867 e. The Bertz CT molecular complexity index is 417. The molecule has 84 valence electrons. The van der Waals surface area contributed by atoms with Crippen LogP contribution in [0.5, 0.6) is 0 Å². The monoisotopic (exact) mass is 243 g/mol. The van der Waals surface area contributed by atoms with Crippen molar-refractivity contribution in [3.05, 3.63) is 41.9 Å². The second-order valence-corrected chi connectivity index (χ2v) is 2.84. The van der Waals surface area contributed by atoms with E-state index in [1.807, 2.05) is 0 Å². The summed E-state index contributed by atoms with van der Waals surface area (Å²) in [6.45, 7) is 1.67. The molecule has 0 bridgehead atoms. The Morgan fingerprint density at radius 1 is 1.53 bits per heavy atom. The molecule has 6 heteroatoms. The number of aromatic nitrogens is 1. The molecule has 1 rings (SSSR count). The fraction of sp³-hybridized carbons (Fsp3) is 0.182. The summed E-state index contributed by atoms with van der Waals surface area (Å²) in [6, 6.07) is 3.07. The molecule has 0 saturated heterocycles. The van der Waals surface area contributed by atoms with Crippen molar-refractivity contribution in [2.45, 2.75) is 6.92 Å². The molecule has 0 atom stereocenters. The molecule has 0 aliphatic rings. The van der Waals surface area contributed by atoms with Gasteiger partial charge in [-0.15, -0.1) is 0 Å². The first-order chi connectivity index (χ1) is 7.65. The molecule has 0 saturated carbocycles. The van der Waals surface area contributed by atoms with Crippen molar-refractivity contribution >= 4 is 11.8 Å². The molecule has 0 radical (unpaired) electrons. The van der Waals surface area contributed by atoms with Gasteiger partial charge in [0.2, 0.25) is 0 Å². The van der Waals surface area contributed by atoms with Gasteiger partial charge in [0.25, 0.3) is 0 Å². The van der Waals surface area contributed by atoms with E-state index in [4.69, 9.17) is 0 Å². The quantitative estimate of drug-likeness (QED) is 0.186. The molecule has 0 spiro atoms. The largest absolute Gasteiger partial charge is 1.00 e. The number of rotatable bonds is 4. The molecule has 1 aromatic heterocycles. The minimum Gasteiger partial charge on any atom is -0.867 e. The summed E-state index contributed by atoms with van der Waals surface area (Å²) in [5.41, 5.74) is 0.250. The number of pyridine rings is 1. The van der Waals surface area contributed by atoms with E-state index in [2.05, 4.69) is 9.72 Å². The number of hydrogen-bond donors (Lipinski definition) is 0. The number of esters is 1. The van der Waals surface area contributed by atoms with Crippen LogP contribution in [0.4, 0.5) is 0 Å². The molecule has 0 aliphatic heterocycles. The molecule has 0 aromatic carbocycles. The van der Waals surface area contributed by atoms with Crippen LogP contribution in [0, 0.1) is 0 Å². The predicted molar refractivity (Wildman–Crippen MR) is 53.3 cm³/mol. The molecule has 5 nitrogen and oxygen atoms in total. The van der Waals surface area contributed by atoms with E-state index in [9.17, 15) is 14.7 Å². The van der Waals surface area contributed by atoms with Gasteiger partial charge in [-0.1, -0.05) is 0 Å². The van der Waals surface area contributed by atoms with E-state index in [0.717, 1.165) is 0 Å². The number of carbonyl (C=O) groups is 2. The van der Waals surface area contributed by atoms with E-state index in [-0.39, 0.29) is 41.7 Å². The maximum Gasteiger partial charge on any atom is 1.00 e. The van der Waals surface area contributed by atoms with Gasteiger partial charge in [-0.2, -0.15) is 0 Å². The topological polar surface area (TPSA) is 79.3 Å². The van der Waals surface area contributed by atoms with Crippen molar-refractivity contribution in [3.63, 3.8) is 0 Å². The second kappa shape index (κ2) is 8.00. The third kappa shape index (κ3) is 5.12. The molecule has 1 heterocycles. The Labute approximate surface area is 121 Å². The van der Waals surface area contributed by atoms with Crippen LogP contribution in [0.2, 0.25) is 0 Å². The SMILES string of the molecule is CCOC(=O)/C([O-])=C/C(=O)c1cccnc1.[Na+]. The van der Waals surface area contributed by atoms with Gasteiger partial charge in [-0.3, -0.25) is 9.78 Å². The van der Waals surface area contributed by atoms with E-state index in [1.165, 1.54) is 18.5 Å². The van der Waals surface area contributed by atoms with Crippen molar-refractivity contribution in [1.82, 2.24) is 4.98 Å². The number of carbonyl (C=O) groups excluding carboxylic acids is 2. The maximum atomic E-state index is 11.4. The minimum absolute atomic E-state index is 0. The van der Waals surface area contributed by atoms with Crippen LogP contribution in [-0.4, -0.2) is 23.3 Å². The number of allylic oxidation sites excluding steroid dienone is 1. The Morgan fingerprint density at radius 2 is 2.24 bits per heavy atom. The minimum atomic E-state index is -1.03. The Balaban J connectivity index is 0.00000256. The summed E-state index contributed by atoms with van der Waals surface area (Å²) in [4.78, 5) is 26.1. The summed E-state index contributed by atoms with van der Waals surface area (Å²) >= 11 is 0. The molecular formula is C11H10NNaO4. The van der Waals surface area contributed by atoms with Crippen molar-refractivity contribution in [2.75, 3.05) is 6.61 Å². The average molecular weight is 243 g/mol. The van der Waals surface area contributed by atoms with Crippen LogP contribution in [0.25, 0.3) is 0 Å². The van der Waals surface area contributed by atoms with E-state index >= 15 is 0 Å². The van der Waals surface area contributed by atoms with E-state index < -0.39 is 17.5 Å². The van der Waals surface area contributed by atoms with Gasteiger partial charge in [-0.05, 0) is 30.9 Å². The summed E-state index contributed by atoms with van der Waals surface area (Å²) in [5.74, 6) is -2.55. The normalized spacial score (nSPS) is 10.3. The van der Waals surface area contributed by atoms with Crippen LogP contribution in [0.1, 0.15) is 17.3 Å². The second-order valence-electron chi connectivity index (χ2n) is 2.84. The molecule has 0 unspecified atom stereocenters. The fourth-order valence-corrected chi connectivity index (χ4v) is 0.972. The van der Waals surface area contributed by atoms with Crippen LogP contribution in [0.15, 0.2) is 36.4 Å². The Kier molecular flexibility index (Phi) is 7.45. The molecule has 0 fully saturated rings. The Morgan fingerprint density at radius 3 is 2.76 bits per heavy atom. The van der Waals surface area contributed by atoms with E-state index in [1.54, 1.807) is 13.0 Å². The maximum absolute atomic E-state index is 11.4. The molecular weight excluding hydrogens is 233 g/mol. The van der Waals surface area contributed by atoms with Crippen LogP contribution in [-0.2, 0) is 9.53 Å². The van der Waals surface area contributed by atoms with Gasteiger partial charge in [0.1, 0.15) is 0 Å². The van der Waals surface area contributed by atoms with Gasteiger partial charge >= 0.3 is 35.5 Å². The first-order valence-corrected chi connectivity index (χ1v) is 4.65. The summed E-state index contributed by atoms with van der Waals surface area (Å²) < 4.78 is 4.45. The first-order valence-electron chi connectivity index (χ1n) is 4.65. The predicted octanol–water partition coefficient (Wildman–Crippen LogP) is -2.92.